The van der Waals surface area contributed by atoms with Gasteiger partial charge in [-0.05, 0) is 57.3 Å². The predicted molar refractivity (Wildman–Crippen MR) is 120 cm³/mol. The van der Waals surface area contributed by atoms with Gasteiger partial charge in [-0.1, -0.05) is 75.2 Å². The summed E-state index contributed by atoms with van der Waals surface area (Å²) in [5, 5.41) is 0. The summed E-state index contributed by atoms with van der Waals surface area (Å²) in [6.07, 6.45) is 10.7. The largest absolute Gasteiger partial charge is 0.239 e. The van der Waals surface area contributed by atoms with Crippen molar-refractivity contribution in [3.63, 3.8) is 0 Å². The summed E-state index contributed by atoms with van der Waals surface area (Å²) in [6.45, 7) is 19.9. The second kappa shape index (κ2) is 11.5. The Labute approximate surface area is 181 Å². The molecule has 0 saturated heterocycles. The minimum atomic E-state index is -0.883. The summed E-state index contributed by atoms with van der Waals surface area (Å²) in [6, 6.07) is 0. The van der Waals surface area contributed by atoms with Crippen molar-refractivity contribution in [2.75, 3.05) is 0 Å². The first kappa shape index (κ1) is 26.9. The topological polar surface area (TPSA) is 36.9 Å². The van der Waals surface area contributed by atoms with Gasteiger partial charge in [-0.25, -0.2) is 9.78 Å². The summed E-state index contributed by atoms with van der Waals surface area (Å²) in [5.74, 6) is -0.243. The molecule has 1 aliphatic rings. The molecule has 4 nitrogen and oxygen atoms in total. The van der Waals surface area contributed by atoms with Crippen molar-refractivity contribution in [3.8, 4) is 0 Å². The monoisotopic (exact) mass is 414 g/mol. The lowest BCUT2D eigenvalue weighted by Crippen LogP contribution is -2.55. The minimum Gasteiger partial charge on any atom is -0.227 e. The molecule has 1 unspecified atom stereocenters. The van der Waals surface area contributed by atoms with Crippen LogP contribution in [0.4, 0.5) is 0 Å². The molecule has 0 bridgehead atoms. The van der Waals surface area contributed by atoms with Crippen molar-refractivity contribution >= 4 is 0 Å². The molecule has 1 saturated carbocycles. The first-order valence-corrected chi connectivity index (χ1v) is 12.4. The summed E-state index contributed by atoms with van der Waals surface area (Å²) < 4.78 is 0. The molecular weight excluding hydrogens is 364 g/mol. The molecule has 1 rings (SSSR count). The summed E-state index contributed by atoms with van der Waals surface area (Å²) in [5.41, 5.74) is -0.732. The van der Waals surface area contributed by atoms with Crippen molar-refractivity contribution in [1.29, 1.82) is 0 Å². The van der Waals surface area contributed by atoms with Gasteiger partial charge in [0.25, 0.3) is 0 Å². The fourth-order valence-corrected chi connectivity index (χ4v) is 4.98. The van der Waals surface area contributed by atoms with E-state index in [1.807, 2.05) is 0 Å². The third-order valence-corrected chi connectivity index (χ3v) is 7.55. The van der Waals surface area contributed by atoms with Gasteiger partial charge < -0.3 is 0 Å². The molecule has 0 N–H and O–H groups in total. The fraction of sp³-hybridized carbons (Fsp3) is 1.00. The predicted octanol–water partition coefficient (Wildman–Crippen LogP) is 8.14. The van der Waals surface area contributed by atoms with Crippen LogP contribution in [0.2, 0.25) is 0 Å². The van der Waals surface area contributed by atoms with E-state index in [1.165, 1.54) is 0 Å². The van der Waals surface area contributed by atoms with E-state index in [0.717, 1.165) is 70.6 Å². The first-order valence-electron chi connectivity index (χ1n) is 12.4. The van der Waals surface area contributed by atoms with Crippen LogP contribution in [0, 0.1) is 11.3 Å². The molecule has 0 aliphatic heterocycles. The van der Waals surface area contributed by atoms with E-state index in [-0.39, 0.29) is 16.6 Å². The van der Waals surface area contributed by atoms with E-state index in [9.17, 15) is 0 Å². The van der Waals surface area contributed by atoms with Crippen molar-refractivity contribution in [2.24, 2.45) is 11.3 Å². The third kappa shape index (κ3) is 6.41. The zero-order valence-electron chi connectivity index (χ0n) is 21.0. The Bertz CT molecular complexity index is 426. The van der Waals surface area contributed by atoms with Crippen molar-refractivity contribution in [2.45, 2.75) is 150 Å². The van der Waals surface area contributed by atoms with Crippen LogP contribution in [-0.2, 0) is 19.6 Å². The van der Waals surface area contributed by atoms with E-state index in [2.05, 4.69) is 62.3 Å². The minimum absolute atomic E-state index is 0.205. The Hall–Kier alpha value is -0.160. The number of hydrogen-bond donors (Lipinski definition) is 0. The maximum Gasteiger partial charge on any atom is 0.239 e. The maximum atomic E-state index is 6.35. The van der Waals surface area contributed by atoms with Crippen molar-refractivity contribution in [1.82, 2.24) is 0 Å². The van der Waals surface area contributed by atoms with E-state index in [0.29, 0.717) is 5.92 Å². The van der Waals surface area contributed by atoms with Crippen LogP contribution in [0.5, 0.6) is 0 Å². The van der Waals surface area contributed by atoms with Gasteiger partial charge in [0.1, 0.15) is 11.2 Å². The Morgan fingerprint density at radius 1 is 0.759 bits per heavy atom. The van der Waals surface area contributed by atoms with Crippen LogP contribution in [0.1, 0.15) is 133 Å². The van der Waals surface area contributed by atoms with E-state index < -0.39 is 5.79 Å². The molecular formula is C25H50O4. The van der Waals surface area contributed by atoms with Gasteiger partial charge in [0.2, 0.25) is 5.79 Å². The second-order valence-corrected chi connectivity index (χ2v) is 10.1. The summed E-state index contributed by atoms with van der Waals surface area (Å²) in [7, 11) is 0. The standard InChI is InChI=1S/C25H50O4/c1-10-17-23(12-3,13-4)26-28-25(19-16-21(7)20-22(25,8)9)29-27-24(14-5,15-6)18-11-2/h21H,10-20H2,1-9H3. The number of rotatable bonds is 14. The Morgan fingerprint density at radius 2 is 1.17 bits per heavy atom. The molecule has 0 amide bonds. The zero-order chi connectivity index (χ0) is 22.2. The Balaban J connectivity index is 3.13. The maximum absolute atomic E-state index is 6.35. The van der Waals surface area contributed by atoms with Gasteiger partial charge in [0, 0.05) is 11.8 Å². The lowest BCUT2D eigenvalue weighted by molar-refractivity contribution is -0.573. The lowest BCUT2D eigenvalue weighted by Gasteiger charge is -2.50. The molecule has 29 heavy (non-hydrogen) atoms. The number of hydrogen-bond acceptors (Lipinski definition) is 4. The van der Waals surface area contributed by atoms with Crippen LogP contribution in [-0.4, -0.2) is 17.0 Å². The highest BCUT2D eigenvalue weighted by Crippen LogP contribution is 2.51. The van der Waals surface area contributed by atoms with Gasteiger partial charge in [-0.3, -0.25) is 0 Å². The fourth-order valence-electron chi connectivity index (χ4n) is 4.98. The second-order valence-electron chi connectivity index (χ2n) is 10.1. The van der Waals surface area contributed by atoms with Gasteiger partial charge in [-0.2, -0.15) is 9.78 Å². The highest BCUT2D eigenvalue weighted by atomic mass is 17.3. The molecule has 0 aromatic carbocycles. The van der Waals surface area contributed by atoms with Gasteiger partial charge >= 0.3 is 0 Å². The van der Waals surface area contributed by atoms with Crippen LogP contribution in [0.25, 0.3) is 0 Å². The third-order valence-electron chi connectivity index (χ3n) is 7.55. The van der Waals surface area contributed by atoms with Crippen LogP contribution in [0.15, 0.2) is 0 Å². The SMILES string of the molecule is CCCC(CC)(CC)OOC1(OOC(CC)(CC)CCC)CCC(C)CC1(C)C. The molecule has 0 radical (unpaired) electrons. The molecule has 174 valence electrons. The molecule has 4 heteroatoms. The average Bonchev–Trinajstić information content (AvgIpc) is 2.70. The normalized spacial score (nSPS) is 22.0. The molecule has 0 spiro atoms. The molecule has 1 aliphatic carbocycles. The van der Waals surface area contributed by atoms with Gasteiger partial charge in [0.15, 0.2) is 0 Å². The van der Waals surface area contributed by atoms with Crippen LogP contribution in [0.3, 0.4) is 0 Å². The first-order chi connectivity index (χ1) is 13.6. The average molecular weight is 415 g/mol. The highest BCUT2D eigenvalue weighted by Gasteiger charge is 2.55. The smallest absolute Gasteiger partial charge is 0.227 e. The summed E-state index contributed by atoms with van der Waals surface area (Å²) in [4.78, 5) is 25.2. The van der Waals surface area contributed by atoms with Crippen molar-refractivity contribution < 1.29 is 19.6 Å². The molecule has 0 aromatic heterocycles. The van der Waals surface area contributed by atoms with E-state index in [1.54, 1.807) is 0 Å². The molecule has 1 fully saturated rings. The Kier molecular flexibility index (Phi) is 10.6. The molecule has 0 aromatic rings. The van der Waals surface area contributed by atoms with Gasteiger partial charge in [0.05, 0.1) is 0 Å². The van der Waals surface area contributed by atoms with Crippen LogP contribution >= 0.6 is 0 Å². The molecule has 0 heterocycles. The summed E-state index contributed by atoms with van der Waals surface area (Å²) >= 11 is 0. The van der Waals surface area contributed by atoms with Crippen LogP contribution < -0.4 is 0 Å². The zero-order valence-corrected chi connectivity index (χ0v) is 21.0. The van der Waals surface area contributed by atoms with E-state index in [4.69, 9.17) is 19.6 Å². The van der Waals surface area contributed by atoms with Gasteiger partial charge in [-0.15, -0.1) is 0 Å². The lowest BCUT2D eigenvalue weighted by atomic mass is 9.68. The van der Waals surface area contributed by atoms with E-state index >= 15 is 0 Å². The van der Waals surface area contributed by atoms with Crippen molar-refractivity contribution in [3.05, 3.63) is 0 Å². The molecule has 1 atom stereocenters. The Morgan fingerprint density at radius 3 is 1.48 bits per heavy atom. The quantitative estimate of drug-likeness (QED) is 0.163. The highest BCUT2D eigenvalue weighted by molar-refractivity contribution is 4.93.